The van der Waals surface area contributed by atoms with E-state index < -0.39 is 11.5 Å². The van der Waals surface area contributed by atoms with Gasteiger partial charge < -0.3 is 25.0 Å². The number of aliphatic carboxylic acids is 1. The summed E-state index contributed by atoms with van der Waals surface area (Å²) in [6, 6.07) is 14.5. The van der Waals surface area contributed by atoms with Gasteiger partial charge >= 0.3 is 5.97 Å². The van der Waals surface area contributed by atoms with E-state index in [9.17, 15) is 9.90 Å². The third kappa shape index (κ3) is 2.17. The van der Waals surface area contributed by atoms with Crippen LogP contribution < -0.4 is 4.90 Å². The van der Waals surface area contributed by atoms with E-state index in [1.807, 2.05) is 24.3 Å². The number of carboxylic acid groups (broad SMARTS) is 1. The quantitative estimate of drug-likeness (QED) is 0.374. The number of anilines is 2. The molecule has 0 fully saturated rings. The summed E-state index contributed by atoms with van der Waals surface area (Å²) in [5.41, 5.74) is -0.443. The van der Waals surface area contributed by atoms with Crippen molar-refractivity contribution in [1.29, 1.82) is 0 Å². The van der Waals surface area contributed by atoms with Gasteiger partial charge in [-0.25, -0.2) is 4.79 Å². The van der Waals surface area contributed by atoms with Crippen LogP contribution >= 0.6 is 0 Å². The van der Waals surface area contributed by atoms with E-state index in [1.165, 1.54) is 0 Å². The van der Waals surface area contributed by atoms with E-state index in [0.29, 0.717) is 23.0 Å². The Bertz CT molecular complexity index is 854. The van der Waals surface area contributed by atoms with Gasteiger partial charge in [0.05, 0.1) is 11.4 Å². The molecule has 0 unspecified atom stereocenters. The van der Waals surface area contributed by atoms with Gasteiger partial charge in [0, 0.05) is 24.8 Å². The van der Waals surface area contributed by atoms with Crippen LogP contribution in [0.4, 0.5) is 11.6 Å². The van der Waals surface area contributed by atoms with Gasteiger partial charge in [0.2, 0.25) is 5.54 Å². The Morgan fingerprint density at radius 3 is 1.52 bits per heavy atom. The highest BCUT2D eigenvalue weighted by Crippen LogP contribution is 2.42. The van der Waals surface area contributed by atoms with Crippen LogP contribution in [-0.4, -0.2) is 31.0 Å². The molecule has 4 rings (SSSR count). The average molecular weight is 335 g/mol. The number of nitrogens with zero attached hydrogens (tertiary/aromatic N) is 1. The zero-order chi connectivity index (χ0) is 17.3. The minimum absolute atomic E-state index is 0.534. The van der Waals surface area contributed by atoms with Gasteiger partial charge in [0.15, 0.2) is 0 Å². The first kappa shape index (κ1) is 14.9. The topological polar surface area (TPSA) is 104 Å². The number of aromatic nitrogens is 4. The lowest BCUT2D eigenvalue weighted by atomic mass is 9.88. The van der Waals surface area contributed by atoms with Gasteiger partial charge in [0.1, 0.15) is 11.6 Å². The van der Waals surface area contributed by atoms with Gasteiger partial charge in [-0.1, -0.05) is 0 Å². The molecule has 0 saturated heterocycles. The molecule has 0 aliphatic heterocycles. The van der Waals surface area contributed by atoms with Crippen LogP contribution in [0.2, 0.25) is 0 Å². The van der Waals surface area contributed by atoms with E-state index in [-0.39, 0.29) is 0 Å². The summed E-state index contributed by atoms with van der Waals surface area (Å²) in [4.78, 5) is 26.9. The molecule has 0 radical (unpaired) electrons. The summed E-state index contributed by atoms with van der Waals surface area (Å²) in [5.74, 6) is 0.282. The van der Waals surface area contributed by atoms with Crippen molar-refractivity contribution in [1.82, 2.24) is 19.9 Å². The minimum atomic E-state index is -1.51. The summed E-state index contributed by atoms with van der Waals surface area (Å²) in [7, 11) is 0. The molecule has 4 heterocycles. The monoisotopic (exact) mass is 335 g/mol. The SMILES string of the molecule is O=C(O)C(c1ccc[nH]1)(c1ccc[nH]1)N(c1ccc[nH]1)c1ccc[nH]1. The van der Waals surface area contributed by atoms with Crippen molar-refractivity contribution in [2.75, 3.05) is 4.90 Å². The Labute approximate surface area is 143 Å². The maximum atomic E-state index is 12.7. The van der Waals surface area contributed by atoms with E-state index in [0.717, 1.165) is 0 Å². The fourth-order valence-electron chi connectivity index (χ4n) is 3.23. The predicted octanol–water partition coefficient (Wildman–Crippen LogP) is 3.17. The summed E-state index contributed by atoms with van der Waals surface area (Å²) in [6.07, 6.45) is 6.97. The Balaban J connectivity index is 2.06. The minimum Gasteiger partial charge on any atom is -0.479 e. The standard InChI is InChI=1S/C18H17N5O2/c24-17(25)18(13-5-1-9-19-13,14-6-2-10-20-14)23(15-7-3-11-21-15)16-8-4-12-22-16/h1-12,19-22H,(H,24,25). The van der Waals surface area contributed by atoms with Crippen molar-refractivity contribution in [3.05, 3.63) is 84.7 Å². The molecule has 7 heteroatoms. The van der Waals surface area contributed by atoms with Crippen molar-refractivity contribution >= 4 is 17.6 Å². The van der Waals surface area contributed by atoms with Crippen molar-refractivity contribution in [2.45, 2.75) is 5.54 Å². The molecular formula is C18H17N5O2. The normalized spacial score (nSPS) is 11.5. The number of aromatic amines is 4. The lowest BCUT2D eigenvalue weighted by molar-refractivity contribution is -0.142. The van der Waals surface area contributed by atoms with Crippen LogP contribution in [0, 0.1) is 0 Å². The lowest BCUT2D eigenvalue weighted by Crippen LogP contribution is -2.52. The Kier molecular flexibility index (Phi) is 3.46. The fraction of sp³-hybridized carbons (Fsp3) is 0.0556. The number of carboxylic acids is 1. The predicted molar refractivity (Wildman–Crippen MR) is 93.7 cm³/mol. The lowest BCUT2D eigenvalue weighted by Gasteiger charge is -2.39. The molecule has 4 aromatic heterocycles. The van der Waals surface area contributed by atoms with Gasteiger partial charge in [-0.15, -0.1) is 0 Å². The highest BCUT2D eigenvalue weighted by atomic mass is 16.4. The van der Waals surface area contributed by atoms with Crippen molar-refractivity contribution < 1.29 is 9.90 Å². The molecule has 0 bridgehead atoms. The second kappa shape index (κ2) is 5.79. The van der Waals surface area contributed by atoms with Crippen LogP contribution in [0.3, 0.4) is 0 Å². The third-order valence-corrected chi connectivity index (χ3v) is 4.27. The van der Waals surface area contributed by atoms with Crippen LogP contribution in [0.15, 0.2) is 73.3 Å². The smallest absolute Gasteiger partial charge is 0.342 e. The molecule has 0 aromatic carbocycles. The number of rotatable bonds is 6. The summed E-state index contributed by atoms with van der Waals surface area (Å²) in [5, 5.41) is 10.4. The first-order valence-electron chi connectivity index (χ1n) is 7.82. The summed E-state index contributed by atoms with van der Waals surface area (Å²) >= 11 is 0. The maximum absolute atomic E-state index is 12.7. The number of hydrogen-bond acceptors (Lipinski definition) is 2. The summed E-state index contributed by atoms with van der Waals surface area (Å²) < 4.78 is 0. The molecule has 5 N–H and O–H groups in total. The van der Waals surface area contributed by atoms with Crippen LogP contribution in [0.1, 0.15) is 11.4 Å². The number of nitrogens with one attached hydrogen (secondary N) is 4. The molecular weight excluding hydrogens is 318 g/mol. The van der Waals surface area contributed by atoms with E-state index >= 15 is 0 Å². The number of H-pyrrole nitrogens is 4. The molecule has 25 heavy (non-hydrogen) atoms. The van der Waals surface area contributed by atoms with Crippen LogP contribution in [0.5, 0.6) is 0 Å². The average Bonchev–Trinajstić information content (AvgIpc) is 3.43. The maximum Gasteiger partial charge on any atom is 0.342 e. The highest BCUT2D eigenvalue weighted by Gasteiger charge is 2.51. The second-order valence-corrected chi connectivity index (χ2v) is 5.63. The molecule has 0 saturated carbocycles. The zero-order valence-electron chi connectivity index (χ0n) is 13.2. The zero-order valence-corrected chi connectivity index (χ0v) is 13.2. The van der Waals surface area contributed by atoms with E-state index in [1.54, 1.807) is 54.0 Å². The molecule has 7 nitrogen and oxygen atoms in total. The van der Waals surface area contributed by atoms with Gasteiger partial charge in [0.25, 0.3) is 0 Å². The fourth-order valence-corrected chi connectivity index (χ4v) is 3.23. The second-order valence-electron chi connectivity index (χ2n) is 5.63. The third-order valence-electron chi connectivity index (χ3n) is 4.27. The Morgan fingerprint density at radius 1 is 0.760 bits per heavy atom. The first-order valence-corrected chi connectivity index (χ1v) is 7.82. The molecule has 0 aliphatic rings. The molecule has 0 atom stereocenters. The van der Waals surface area contributed by atoms with Gasteiger partial charge in [-0.2, -0.15) is 0 Å². The molecule has 0 spiro atoms. The highest BCUT2D eigenvalue weighted by molar-refractivity contribution is 5.91. The van der Waals surface area contributed by atoms with Gasteiger partial charge in [-0.3, -0.25) is 4.90 Å². The molecule has 126 valence electrons. The van der Waals surface area contributed by atoms with Crippen molar-refractivity contribution in [2.24, 2.45) is 0 Å². The van der Waals surface area contributed by atoms with Crippen molar-refractivity contribution in [3.63, 3.8) is 0 Å². The molecule has 0 aliphatic carbocycles. The van der Waals surface area contributed by atoms with Crippen molar-refractivity contribution in [3.8, 4) is 0 Å². The first-order chi connectivity index (χ1) is 12.2. The Hall–Kier alpha value is -3.61. The molecule has 0 amide bonds. The number of hydrogen-bond donors (Lipinski definition) is 5. The van der Waals surface area contributed by atoms with E-state index in [4.69, 9.17) is 0 Å². The summed E-state index contributed by atoms with van der Waals surface area (Å²) in [6.45, 7) is 0. The largest absolute Gasteiger partial charge is 0.479 e. The Morgan fingerprint density at radius 2 is 1.20 bits per heavy atom. The number of carbonyl (C=O) groups is 1. The molecule has 4 aromatic rings. The van der Waals surface area contributed by atoms with Gasteiger partial charge in [-0.05, 0) is 48.5 Å². The van der Waals surface area contributed by atoms with Crippen LogP contribution in [0.25, 0.3) is 0 Å². The van der Waals surface area contributed by atoms with Crippen LogP contribution in [-0.2, 0) is 10.3 Å². The van der Waals surface area contributed by atoms with E-state index in [2.05, 4.69) is 19.9 Å².